The molecule has 0 saturated carbocycles. The van der Waals surface area contributed by atoms with Crippen LogP contribution < -0.4 is 4.90 Å². The molecule has 0 spiro atoms. The van der Waals surface area contributed by atoms with Crippen LogP contribution in [0.3, 0.4) is 0 Å². The van der Waals surface area contributed by atoms with Gasteiger partial charge in [-0.2, -0.15) is 0 Å². The summed E-state index contributed by atoms with van der Waals surface area (Å²) in [6, 6.07) is 3.80. The van der Waals surface area contributed by atoms with E-state index in [0.29, 0.717) is 12.2 Å². The molecule has 2 rings (SSSR count). The smallest absolute Gasteiger partial charge is 0.416 e. The van der Waals surface area contributed by atoms with Crippen LogP contribution in [0.25, 0.3) is 0 Å². The van der Waals surface area contributed by atoms with Crippen molar-refractivity contribution in [3.63, 3.8) is 0 Å². The Balaban J connectivity index is 2.31. The average molecular weight is 278 g/mol. The molecule has 0 bridgehead atoms. The number of hydrogen-bond acceptors (Lipinski definition) is 4. The van der Waals surface area contributed by atoms with Gasteiger partial charge in [0.1, 0.15) is 11.4 Å². The highest BCUT2D eigenvalue weighted by atomic mass is 16.6. The molecule has 1 amide bonds. The van der Waals surface area contributed by atoms with Crippen molar-refractivity contribution >= 4 is 11.9 Å². The highest BCUT2D eigenvalue weighted by Gasteiger charge is 2.34. The van der Waals surface area contributed by atoms with Crippen molar-refractivity contribution < 1.29 is 14.6 Å². The van der Waals surface area contributed by atoms with Gasteiger partial charge in [0.05, 0.1) is 0 Å². The second kappa shape index (κ2) is 5.79. The molecule has 0 saturated heterocycles. The lowest BCUT2D eigenvalue weighted by Gasteiger charge is -2.36. The first-order valence-electron chi connectivity index (χ1n) is 6.99. The number of pyridine rings is 1. The number of carbonyl (C=O) groups excluding carboxylic acids is 1. The number of aryl methyl sites for hydroxylation is 1. The van der Waals surface area contributed by atoms with E-state index in [1.54, 1.807) is 11.1 Å². The van der Waals surface area contributed by atoms with Gasteiger partial charge >= 0.3 is 6.09 Å². The van der Waals surface area contributed by atoms with Gasteiger partial charge in [-0.3, -0.25) is 4.90 Å². The molecule has 1 unspecified atom stereocenters. The zero-order chi connectivity index (χ0) is 14.8. The van der Waals surface area contributed by atoms with Crippen LogP contribution in [0.4, 0.5) is 10.6 Å². The molecule has 1 aliphatic rings. The summed E-state index contributed by atoms with van der Waals surface area (Å²) in [7, 11) is 0. The minimum Gasteiger partial charge on any atom is -0.443 e. The summed E-state index contributed by atoms with van der Waals surface area (Å²) in [4.78, 5) is 18.4. The first-order chi connectivity index (χ1) is 9.42. The third-order valence-corrected chi connectivity index (χ3v) is 3.26. The van der Waals surface area contributed by atoms with Crippen molar-refractivity contribution in [3.05, 3.63) is 23.9 Å². The van der Waals surface area contributed by atoms with Crippen molar-refractivity contribution in [1.82, 2.24) is 4.98 Å². The van der Waals surface area contributed by atoms with Gasteiger partial charge in [0.15, 0.2) is 0 Å². The summed E-state index contributed by atoms with van der Waals surface area (Å²) in [5.41, 5.74) is 0.500. The number of anilines is 1. The Labute approximate surface area is 119 Å². The molecule has 2 heterocycles. The molecule has 1 N–H and O–H groups in total. The van der Waals surface area contributed by atoms with E-state index in [1.165, 1.54) is 0 Å². The van der Waals surface area contributed by atoms with Crippen molar-refractivity contribution in [2.45, 2.75) is 51.7 Å². The first-order valence-corrected chi connectivity index (χ1v) is 6.99. The van der Waals surface area contributed by atoms with Crippen molar-refractivity contribution in [2.75, 3.05) is 11.5 Å². The fourth-order valence-electron chi connectivity index (χ4n) is 2.44. The summed E-state index contributed by atoms with van der Waals surface area (Å²) in [5.74, 6) is 0.659. The van der Waals surface area contributed by atoms with Crippen LogP contribution in [0.1, 0.15) is 39.2 Å². The second-order valence-corrected chi connectivity index (χ2v) is 6.04. The van der Waals surface area contributed by atoms with Gasteiger partial charge in [-0.15, -0.1) is 0 Å². The van der Waals surface area contributed by atoms with Crippen LogP contribution in [-0.2, 0) is 11.2 Å². The summed E-state index contributed by atoms with van der Waals surface area (Å²) >= 11 is 0. The maximum atomic E-state index is 12.4. The van der Waals surface area contributed by atoms with Crippen LogP contribution in [0, 0.1) is 0 Å². The molecule has 0 fully saturated rings. The summed E-state index contributed by atoms with van der Waals surface area (Å²) in [6.45, 7) is 5.58. The molecular formula is C15H22N2O3. The topological polar surface area (TPSA) is 62.7 Å². The Morgan fingerprint density at radius 3 is 2.95 bits per heavy atom. The predicted molar refractivity (Wildman–Crippen MR) is 76.8 cm³/mol. The van der Waals surface area contributed by atoms with E-state index in [4.69, 9.17) is 4.74 Å². The highest BCUT2D eigenvalue weighted by molar-refractivity contribution is 5.88. The molecule has 0 aliphatic carbocycles. The molecule has 5 heteroatoms. The highest BCUT2D eigenvalue weighted by Crippen LogP contribution is 2.31. The van der Waals surface area contributed by atoms with Gasteiger partial charge in [-0.25, -0.2) is 9.78 Å². The number of hydrogen-bond donors (Lipinski definition) is 1. The third-order valence-electron chi connectivity index (χ3n) is 3.26. The maximum Gasteiger partial charge on any atom is 0.416 e. The van der Waals surface area contributed by atoms with Gasteiger partial charge in [0.25, 0.3) is 0 Å². The molecule has 0 radical (unpaired) electrons. The monoisotopic (exact) mass is 278 g/mol. The van der Waals surface area contributed by atoms with E-state index in [0.717, 1.165) is 18.4 Å². The van der Waals surface area contributed by atoms with Gasteiger partial charge < -0.3 is 9.84 Å². The molecule has 5 nitrogen and oxygen atoms in total. The number of aromatic nitrogens is 1. The number of carbonyl (C=O) groups is 1. The number of nitrogens with zero attached hydrogens (tertiary/aromatic N) is 2. The number of aliphatic hydroxyl groups excluding tert-OH is 1. The standard InChI is InChI=1S/C15H22N2O3/c1-15(2,3)20-14(19)17-12(8-10-18)7-6-11-5-4-9-16-13(11)17/h4-5,9,12,18H,6-8,10H2,1-3H3. The van der Waals surface area contributed by atoms with Crippen molar-refractivity contribution in [2.24, 2.45) is 0 Å². The van der Waals surface area contributed by atoms with E-state index in [2.05, 4.69) is 4.98 Å². The van der Waals surface area contributed by atoms with E-state index in [-0.39, 0.29) is 12.6 Å². The van der Waals surface area contributed by atoms with E-state index in [1.807, 2.05) is 32.9 Å². The van der Waals surface area contributed by atoms with E-state index in [9.17, 15) is 9.90 Å². The number of fused-ring (bicyclic) bond motifs is 1. The fraction of sp³-hybridized carbons (Fsp3) is 0.600. The molecule has 0 aromatic carbocycles. The van der Waals surface area contributed by atoms with Crippen LogP contribution in [-0.4, -0.2) is 34.4 Å². The molecule has 1 atom stereocenters. The number of ether oxygens (including phenoxy) is 1. The van der Waals surface area contributed by atoms with E-state index >= 15 is 0 Å². The van der Waals surface area contributed by atoms with Gasteiger partial charge in [-0.05, 0) is 51.7 Å². The maximum absolute atomic E-state index is 12.4. The summed E-state index contributed by atoms with van der Waals surface area (Å²) < 4.78 is 5.48. The van der Waals surface area contributed by atoms with Crippen LogP contribution in [0.15, 0.2) is 18.3 Å². The first kappa shape index (κ1) is 14.8. The Kier molecular flexibility index (Phi) is 4.28. The van der Waals surface area contributed by atoms with Crippen LogP contribution >= 0.6 is 0 Å². The number of amides is 1. The summed E-state index contributed by atoms with van der Waals surface area (Å²) in [6.07, 6.45) is 3.51. The SMILES string of the molecule is CC(C)(C)OC(=O)N1c2ncccc2CCC1CCO. The van der Waals surface area contributed by atoms with Crippen molar-refractivity contribution in [3.8, 4) is 0 Å². The lowest BCUT2D eigenvalue weighted by molar-refractivity contribution is 0.0554. The van der Waals surface area contributed by atoms with Crippen molar-refractivity contribution in [1.29, 1.82) is 0 Å². The van der Waals surface area contributed by atoms with Crippen LogP contribution in [0.2, 0.25) is 0 Å². The molecule has 110 valence electrons. The van der Waals surface area contributed by atoms with Crippen LogP contribution in [0.5, 0.6) is 0 Å². The molecule has 1 aromatic heterocycles. The number of aliphatic hydroxyl groups is 1. The Hall–Kier alpha value is -1.62. The zero-order valence-electron chi connectivity index (χ0n) is 12.3. The lowest BCUT2D eigenvalue weighted by Crippen LogP contribution is -2.47. The Morgan fingerprint density at radius 1 is 1.55 bits per heavy atom. The van der Waals surface area contributed by atoms with E-state index < -0.39 is 11.7 Å². The molecule has 1 aliphatic heterocycles. The molecule has 1 aromatic rings. The average Bonchev–Trinajstić information content (AvgIpc) is 2.36. The fourth-order valence-corrected chi connectivity index (χ4v) is 2.44. The minimum atomic E-state index is -0.548. The molecule has 20 heavy (non-hydrogen) atoms. The molecular weight excluding hydrogens is 256 g/mol. The minimum absolute atomic E-state index is 0.0477. The Bertz CT molecular complexity index is 482. The van der Waals surface area contributed by atoms with Gasteiger partial charge in [0.2, 0.25) is 0 Å². The van der Waals surface area contributed by atoms with Gasteiger partial charge in [-0.1, -0.05) is 6.07 Å². The zero-order valence-corrected chi connectivity index (χ0v) is 12.3. The second-order valence-electron chi connectivity index (χ2n) is 6.04. The lowest BCUT2D eigenvalue weighted by atomic mass is 9.97. The number of rotatable bonds is 2. The third kappa shape index (κ3) is 3.28. The quantitative estimate of drug-likeness (QED) is 0.903. The predicted octanol–water partition coefficient (Wildman–Crippen LogP) is 2.52. The Morgan fingerprint density at radius 2 is 2.30 bits per heavy atom. The summed E-state index contributed by atoms with van der Waals surface area (Å²) in [5, 5.41) is 9.20. The van der Waals surface area contributed by atoms with Gasteiger partial charge in [0, 0.05) is 18.8 Å². The normalized spacial score (nSPS) is 18.6. The largest absolute Gasteiger partial charge is 0.443 e.